The van der Waals surface area contributed by atoms with Crippen LogP contribution >= 0.6 is 0 Å². The summed E-state index contributed by atoms with van der Waals surface area (Å²) >= 11 is 0. The van der Waals surface area contributed by atoms with Crippen LogP contribution < -0.4 is 0 Å². The summed E-state index contributed by atoms with van der Waals surface area (Å²) in [6, 6.07) is 7.23. The van der Waals surface area contributed by atoms with Gasteiger partial charge in [0.2, 0.25) is 0 Å². The lowest BCUT2D eigenvalue weighted by Crippen LogP contribution is -2.03. The van der Waals surface area contributed by atoms with Gasteiger partial charge < -0.3 is 0 Å². The summed E-state index contributed by atoms with van der Waals surface area (Å²) in [4.78, 5) is 12.1. The highest BCUT2D eigenvalue weighted by Gasteiger charge is 2.12. The van der Waals surface area contributed by atoms with E-state index in [1.807, 2.05) is 19.9 Å². The van der Waals surface area contributed by atoms with Crippen LogP contribution in [0.5, 0.6) is 0 Å². The van der Waals surface area contributed by atoms with Crippen molar-refractivity contribution < 1.29 is 18.0 Å². The topological polar surface area (TPSA) is 17.1 Å². The number of benzene rings is 2. The van der Waals surface area contributed by atoms with E-state index in [1.165, 1.54) is 0 Å². The van der Waals surface area contributed by atoms with Gasteiger partial charge in [0.25, 0.3) is 0 Å². The number of ketones is 1. The summed E-state index contributed by atoms with van der Waals surface area (Å²) in [6.07, 6.45) is 0.285. The molecule has 0 fully saturated rings. The number of carbonyl (C=O) groups is 1. The maximum Gasteiger partial charge on any atom is 0.194 e. The number of carbonyl (C=O) groups excluding carboxylic acids is 1. The fourth-order valence-electron chi connectivity index (χ4n) is 2.07. The zero-order chi connectivity index (χ0) is 15.6. The number of hydrogen-bond acceptors (Lipinski definition) is 1. The van der Waals surface area contributed by atoms with Crippen molar-refractivity contribution in [2.24, 2.45) is 0 Å². The third-order valence-electron chi connectivity index (χ3n) is 3.51. The van der Waals surface area contributed by atoms with Gasteiger partial charge in [0.1, 0.15) is 0 Å². The predicted octanol–water partition coefficient (Wildman–Crippen LogP) is 4.54. The van der Waals surface area contributed by atoms with Gasteiger partial charge in [0, 0.05) is 12.0 Å². The van der Waals surface area contributed by atoms with E-state index in [9.17, 15) is 18.0 Å². The second-order valence-electron chi connectivity index (χ2n) is 5.10. The minimum absolute atomic E-state index is 0.108. The molecule has 21 heavy (non-hydrogen) atoms. The van der Waals surface area contributed by atoms with Crippen LogP contribution in [-0.2, 0) is 6.42 Å². The van der Waals surface area contributed by atoms with Crippen LogP contribution in [0.25, 0.3) is 0 Å². The quantitative estimate of drug-likeness (QED) is 0.597. The molecule has 2 aromatic rings. The van der Waals surface area contributed by atoms with Crippen molar-refractivity contribution in [3.63, 3.8) is 0 Å². The normalized spacial score (nSPS) is 10.7. The fraction of sp³-hybridized carbons (Fsp3) is 0.235. The van der Waals surface area contributed by atoms with E-state index in [0.29, 0.717) is 5.56 Å². The Bertz CT molecular complexity index is 669. The molecule has 1 nitrogen and oxygen atoms in total. The summed E-state index contributed by atoms with van der Waals surface area (Å²) in [6.45, 7) is 3.87. The predicted molar refractivity (Wildman–Crippen MR) is 74.9 cm³/mol. The lowest BCUT2D eigenvalue weighted by molar-refractivity contribution is 0.0982. The van der Waals surface area contributed by atoms with E-state index in [2.05, 4.69) is 0 Å². The lowest BCUT2D eigenvalue weighted by atomic mass is 9.99. The third-order valence-corrected chi connectivity index (χ3v) is 3.51. The van der Waals surface area contributed by atoms with E-state index in [4.69, 9.17) is 0 Å². The summed E-state index contributed by atoms with van der Waals surface area (Å²) in [7, 11) is 0. The average Bonchev–Trinajstić information content (AvgIpc) is 2.44. The van der Waals surface area contributed by atoms with Gasteiger partial charge in [0.05, 0.1) is 0 Å². The Kier molecular flexibility index (Phi) is 4.46. The number of halogens is 3. The molecular weight excluding hydrogens is 277 g/mol. The van der Waals surface area contributed by atoms with Crippen molar-refractivity contribution in [3.05, 3.63) is 70.0 Å². The van der Waals surface area contributed by atoms with E-state index in [1.54, 1.807) is 12.1 Å². The van der Waals surface area contributed by atoms with Crippen molar-refractivity contribution in [2.75, 3.05) is 0 Å². The van der Waals surface area contributed by atoms with E-state index in [0.717, 1.165) is 23.3 Å². The molecule has 0 aliphatic rings. The SMILES string of the molecule is Cc1ccc(C(=O)CCc2cc(F)c(F)c(F)c2)cc1C. The molecule has 0 bridgehead atoms. The zero-order valence-electron chi connectivity index (χ0n) is 11.8. The first-order chi connectivity index (χ1) is 9.88. The molecule has 0 radical (unpaired) electrons. The molecule has 0 saturated heterocycles. The molecule has 2 rings (SSSR count). The Balaban J connectivity index is 2.09. The van der Waals surface area contributed by atoms with Crippen molar-refractivity contribution in [1.82, 2.24) is 0 Å². The minimum Gasteiger partial charge on any atom is -0.294 e. The summed E-state index contributed by atoms with van der Waals surface area (Å²) in [5, 5.41) is 0. The fourth-order valence-corrected chi connectivity index (χ4v) is 2.07. The van der Waals surface area contributed by atoms with Crippen LogP contribution in [0.2, 0.25) is 0 Å². The Morgan fingerprint density at radius 2 is 1.57 bits per heavy atom. The molecule has 0 amide bonds. The highest BCUT2D eigenvalue weighted by molar-refractivity contribution is 5.96. The number of aryl methyl sites for hydroxylation is 3. The van der Waals surface area contributed by atoms with Crippen LogP contribution in [-0.4, -0.2) is 5.78 Å². The first kappa shape index (κ1) is 15.3. The molecule has 0 aliphatic carbocycles. The van der Waals surface area contributed by atoms with Crippen LogP contribution in [0.15, 0.2) is 30.3 Å². The smallest absolute Gasteiger partial charge is 0.194 e. The van der Waals surface area contributed by atoms with Crippen molar-refractivity contribution in [3.8, 4) is 0 Å². The summed E-state index contributed by atoms with van der Waals surface area (Å²) < 4.78 is 39.0. The Labute approximate surface area is 121 Å². The van der Waals surface area contributed by atoms with Crippen molar-refractivity contribution in [1.29, 1.82) is 0 Å². The molecule has 0 atom stereocenters. The molecule has 0 aromatic heterocycles. The van der Waals surface area contributed by atoms with Crippen LogP contribution in [0.3, 0.4) is 0 Å². The second-order valence-corrected chi connectivity index (χ2v) is 5.10. The first-order valence-corrected chi connectivity index (χ1v) is 6.62. The summed E-state index contributed by atoms with van der Waals surface area (Å²) in [5.74, 6) is -4.06. The Hall–Kier alpha value is -2.10. The van der Waals surface area contributed by atoms with Gasteiger partial charge in [-0.25, -0.2) is 13.2 Å². The zero-order valence-corrected chi connectivity index (χ0v) is 11.8. The Morgan fingerprint density at radius 1 is 0.952 bits per heavy atom. The van der Waals surface area contributed by atoms with E-state index in [-0.39, 0.29) is 24.2 Å². The third kappa shape index (κ3) is 3.51. The molecular formula is C17H15F3O. The van der Waals surface area contributed by atoms with Gasteiger partial charge >= 0.3 is 0 Å². The second kappa shape index (κ2) is 6.12. The molecule has 0 aliphatic heterocycles. The largest absolute Gasteiger partial charge is 0.294 e. The van der Waals surface area contributed by atoms with Crippen molar-refractivity contribution >= 4 is 5.78 Å². The monoisotopic (exact) mass is 292 g/mol. The van der Waals surface area contributed by atoms with Gasteiger partial charge in [-0.15, -0.1) is 0 Å². The lowest BCUT2D eigenvalue weighted by Gasteiger charge is -2.06. The number of rotatable bonds is 4. The van der Waals surface area contributed by atoms with Gasteiger partial charge in [0.15, 0.2) is 23.2 Å². The molecule has 0 heterocycles. The van der Waals surface area contributed by atoms with E-state index < -0.39 is 17.5 Å². The molecule has 4 heteroatoms. The Morgan fingerprint density at radius 3 is 2.14 bits per heavy atom. The number of Topliss-reactive ketones (excluding diaryl/α,β-unsaturated/α-hetero) is 1. The summed E-state index contributed by atoms with van der Waals surface area (Å²) in [5.41, 5.74) is 2.94. The average molecular weight is 292 g/mol. The molecule has 0 saturated carbocycles. The van der Waals surface area contributed by atoms with Crippen LogP contribution in [0.1, 0.15) is 33.5 Å². The number of hydrogen-bond donors (Lipinski definition) is 0. The minimum atomic E-state index is -1.49. The van der Waals surface area contributed by atoms with Gasteiger partial charge in [-0.1, -0.05) is 12.1 Å². The van der Waals surface area contributed by atoms with E-state index >= 15 is 0 Å². The van der Waals surface area contributed by atoms with Gasteiger partial charge in [-0.3, -0.25) is 4.79 Å². The van der Waals surface area contributed by atoms with Gasteiger partial charge in [-0.05, 0) is 55.2 Å². The molecule has 110 valence electrons. The maximum atomic E-state index is 13.1. The van der Waals surface area contributed by atoms with Crippen LogP contribution in [0.4, 0.5) is 13.2 Å². The standard InChI is InChI=1S/C17H15F3O/c1-10-3-5-13(7-11(10)2)16(21)6-4-12-8-14(18)17(20)15(19)9-12/h3,5,7-9H,4,6H2,1-2H3. The van der Waals surface area contributed by atoms with Gasteiger partial charge in [-0.2, -0.15) is 0 Å². The molecule has 0 N–H and O–H groups in total. The molecule has 0 unspecified atom stereocenters. The van der Waals surface area contributed by atoms with Crippen LogP contribution in [0, 0.1) is 31.3 Å². The first-order valence-electron chi connectivity index (χ1n) is 6.62. The maximum absolute atomic E-state index is 13.1. The highest BCUT2D eigenvalue weighted by Crippen LogP contribution is 2.17. The van der Waals surface area contributed by atoms with Crippen molar-refractivity contribution in [2.45, 2.75) is 26.7 Å². The molecule has 0 spiro atoms. The highest BCUT2D eigenvalue weighted by atomic mass is 19.2. The molecule has 2 aromatic carbocycles.